The van der Waals surface area contributed by atoms with Gasteiger partial charge in [-0.05, 0) is 24.8 Å². The lowest BCUT2D eigenvalue weighted by Crippen LogP contribution is -2.15. The third kappa shape index (κ3) is 2.81. The van der Waals surface area contributed by atoms with Gasteiger partial charge < -0.3 is 9.73 Å². The second kappa shape index (κ2) is 5.33. The summed E-state index contributed by atoms with van der Waals surface area (Å²) in [5.41, 5.74) is 1.28. The second-order valence-electron chi connectivity index (χ2n) is 5.49. The summed E-state index contributed by atoms with van der Waals surface area (Å²) >= 11 is 1.67. The molecule has 0 fully saturated rings. The Hall–Kier alpha value is -1.36. The van der Waals surface area contributed by atoms with Crippen LogP contribution in [-0.2, 0) is 12.8 Å². The minimum absolute atomic E-state index is 0.322. The van der Waals surface area contributed by atoms with Gasteiger partial charge in [0.05, 0.1) is 12.3 Å². The Labute approximate surface area is 117 Å². The maximum atomic E-state index is 5.51. The van der Waals surface area contributed by atoms with Crippen molar-refractivity contribution in [2.24, 2.45) is 5.92 Å². The molecule has 0 aromatic carbocycles. The molecular weight excluding hydrogens is 258 g/mol. The lowest BCUT2D eigenvalue weighted by atomic mass is 9.94. The number of furan rings is 1. The van der Waals surface area contributed by atoms with Crippen molar-refractivity contribution in [1.82, 2.24) is 10.2 Å². The Kier molecular flexibility index (Phi) is 3.55. The van der Waals surface area contributed by atoms with Crippen molar-refractivity contribution < 1.29 is 4.42 Å². The molecule has 1 aliphatic rings. The number of nitrogens with one attached hydrogen (secondary N) is 1. The molecule has 1 unspecified atom stereocenters. The molecule has 3 rings (SSSR count). The molecule has 19 heavy (non-hydrogen) atoms. The Morgan fingerprint density at radius 1 is 1.47 bits per heavy atom. The fraction of sp³-hybridized carbons (Fsp3) is 0.571. The lowest BCUT2D eigenvalue weighted by molar-refractivity contribution is 0.461. The first kappa shape index (κ1) is 12.7. The van der Waals surface area contributed by atoms with Crippen LogP contribution in [0, 0.1) is 5.92 Å². The number of hydrogen-bond donors (Lipinski definition) is 1. The number of hydrogen-bond acceptors (Lipinski definition) is 5. The van der Waals surface area contributed by atoms with Crippen molar-refractivity contribution in [3.63, 3.8) is 0 Å². The van der Waals surface area contributed by atoms with Gasteiger partial charge in [0.15, 0.2) is 0 Å². The molecule has 102 valence electrons. The molecule has 0 saturated carbocycles. The molecule has 0 amide bonds. The van der Waals surface area contributed by atoms with Crippen molar-refractivity contribution in [1.29, 1.82) is 0 Å². The first-order valence-corrected chi connectivity index (χ1v) is 7.69. The molecule has 4 nitrogen and oxygen atoms in total. The van der Waals surface area contributed by atoms with Gasteiger partial charge in [0.2, 0.25) is 5.13 Å². The van der Waals surface area contributed by atoms with E-state index in [4.69, 9.17) is 4.42 Å². The van der Waals surface area contributed by atoms with E-state index in [0.717, 1.165) is 41.6 Å². The van der Waals surface area contributed by atoms with E-state index >= 15 is 0 Å². The van der Waals surface area contributed by atoms with Gasteiger partial charge >= 0.3 is 0 Å². The fourth-order valence-electron chi connectivity index (χ4n) is 2.53. The van der Waals surface area contributed by atoms with Crippen LogP contribution in [0.15, 0.2) is 16.7 Å². The molecule has 1 atom stereocenters. The van der Waals surface area contributed by atoms with E-state index in [2.05, 4.69) is 35.4 Å². The highest BCUT2D eigenvalue weighted by Gasteiger charge is 2.23. The van der Waals surface area contributed by atoms with Gasteiger partial charge in [0.1, 0.15) is 10.8 Å². The summed E-state index contributed by atoms with van der Waals surface area (Å²) in [6, 6.07) is 2.39. The third-order valence-electron chi connectivity index (χ3n) is 3.40. The molecule has 0 spiro atoms. The summed E-state index contributed by atoms with van der Waals surface area (Å²) in [6.07, 6.45) is 6.13. The fourth-order valence-corrected chi connectivity index (χ4v) is 3.53. The van der Waals surface area contributed by atoms with E-state index in [1.54, 1.807) is 17.6 Å². The number of aromatic nitrogens is 2. The van der Waals surface area contributed by atoms with Crippen molar-refractivity contribution >= 4 is 16.5 Å². The highest BCUT2D eigenvalue weighted by Crippen LogP contribution is 2.33. The van der Waals surface area contributed by atoms with E-state index in [1.165, 1.54) is 5.56 Å². The average molecular weight is 277 g/mol. The standard InChI is InChI=1S/C14H19N3OS/c1-9(2)8-13-16-17-14(19-13)15-11-4-3-5-12-10(11)6-7-18-12/h6-7,9,11H,3-5,8H2,1-2H3,(H,15,17). The lowest BCUT2D eigenvalue weighted by Gasteiger charge is -2.21. The molecular formula is C14H19N3OS. The van der Waals surface area contributed by atoms with Crippen LogP contribution in [0.3, 0.4) is 0 Å². The quantitative estimate of drug-likeness (QED) is 0.923. The van der Waals surface area contributed by atoms with Gasteiger partial charge in [-0.2, -0.15) is 0 Å². The van der Waals surface area contributed by atoms with Crippen molar-refractivity contribution in [3.8, 4) is 0 Å². The minimum Gasteiger partial charge on any atom is -0.469 e. The van der Waals surface area contributed by atoms with Crippen LogP contribution in [0.2, 0.25) is 0 Å². The van der Waals surface area contributed by atoms with Crippen LogP contribution in [0.25, 0.3) is 0 Å². The maximum absolute atomic E-state index is 5.51. The second-order valence-corrected chi connectivity index (χ2v) is 6.55. The number of anilines is 1. The monoisotopic (exact) mass is 277 g/mol. The van der Waals surface area contributed by atoms with Crippen LogP contribution in [0.5, 0.6) is 0 Å². The molecule has 0 bridgehead atoms. The smallest absolute Gasteiger partial charge is 0.206 e. The zero-order chi connectivity index (χ0) is 13.2. The van der Waals surface area contributed by atoms with Crippen LogP contribution < -0.4 is 5.32 Å². The summed E-state index contributed by atoms with van der Waals surface area (Å²) in [7, 11) is 0. The Morgan fingerprint density at radius 2 is 2.37 bits per heavy atom. The number of nitrogens with zero attached hydrogens (tertiary/aromatic N) is 2. The van der Waals surface area contributed by atoms with Crippen LogP contribution >= 0.6 is 11.3 Å². The molecule has 2 heterocycles. The summed E-state index contributed by atoms with van der Waals surface area (Å²) in [4.78, 5) is 0. The van der Waals surface area contributed by atoms with Crippen LogP contribution in [0.1, 0.15) is 49.1 Å². The van der Waals surface area contributed by atoms with Crippen molar-refractivity contribution in [3.05, 3.63) is 28.7 Å². The maximum Gasteiger partial charge on any atom is 0.206 e. The van der Waals surface area contributed by atoms with Crippen molar-refractivity contribution in [2.45, 2.75) is 45.6 Å². The van der Waals surface area contributed by atoms with Crippen molar-refractivity contribution in [2.75, 3.05) is 5.32 Å². The first-order valence-electron chi connectivity index (χ1n) is 6.87. The summed E-state index contributed by atoms with van der Waals surface area (Å²) in [5, 5.41) is 14.0. The van der Waals surface area contributed by atoms with E-state index < -0.39 is 0 Å². The predicted octanol–water partition coefficient (Wildman–Crippen LogP) is 3.82. The minimum atomic E-state index is 0.322. The number of rotatable bonds is 4. The number of fused-ring (bicyclic) bond motifs is 1. The summed E-state index contributed by atoms with van der Waals surface area (Å²) < 4.78 is 5.51. The highest BCUT2D eigenvalue weighted by atomic mass is 32.1. The van der Waals surface area contributed by atoms with Gasteiger partial charge in [-0.25, -0.2) is 0 Å². The normalized spacial score (nSPS) is 18.6. The van der Waals surface area contributed by atoms with Gasteiger partial charge in [-0.15, -0.1) is 10.2 Å². The van der Waals surface area contributed by atoms with Gasteiger partial charge in [0.25, 0.3) is 0 Å². The molecule has 1 aliphatic carbocycles. The Balaban J connectivity index is 1.71. The molecule has 1 N–H and O–H groups in total. The Morgan fingerprint density at radius 3 is 3.21 bits per heavy atom. The van der Waals surface area contributed by atoms with Crippen LogP contribution in [-0.4, -0.2) is 10.2 Å². The predicted molar refractivity (Wildman–Crippen MR) is 76.5 cm³/mol. The zero-order valence-corrected chi connectivity index (χ0v) is 12.2. The van der Waals surface area contributed by atoms with E-state index in [9.17, 15) is 0 Å². The van der Waals surface area contributed by atoms with E-state index in [1.807, 2.05) is 0 Å². The molecule has 0 aliphatic heterocycles. The molecule has 2 aromatic rings. The molecule has 2 aromatic heterocycles. The van der Waals surface area contributed by atoms with Crippen LogP contribution in [0.4, 0.5) is 5.13 Å². The average Bonchev–Trinajstić information content (AvgIpc) is 2.98. The van der Waals surface area contributed by atoms with E-state index in [0.29, 0.717) is 12.0 Å². The topological polar surface area (TPSA) is 51.0 Å². The molecule has 0 radical (unpaired) electrons. The molecule has 5 heteroatoms. The van der Waals surface area contributed by atoms with Gasteiger partial charge in [0, 0.05) is 18.4 Å². The number of aryl methyl sites for hydroxylation is 1. The SMILES string of the molecule is CC(C)Cc1nnc(NC2CCCc3occc32)s1. The zero-order valence-electron chi connectivity index (χ0n) is 11.3. The van der Waals surface area contributed by atoms with E-state index in [-0.39, 0.29) is 0 Å². The summed E-state index contributed by atoms with van der Waals surface area (Å²) in [5.74, 6) is 1.74. The summed E-state index contributed by atoms with van der Waals surface area (Å²) in [6.45, 7) is 4.40. The molecule has 0 saturated heterocycles. The Bertz CT molecular complexity index is 546. The van der Waals surface area contributed by atoms with Gasteiger partial charge in [-0.1, -0.05) is 25.2 Å². The largest absolute Gasteiger partial charge is 0.469 e. The highest BCUT2D eigenvalue weighted by molar-refractivity contribution is 7.15. The first-order chi connectivity index (χ1) is 9.22. The van der Waals surface area contributed by atoms with Gasteiger partial charge in [-0.3, -0.25) is 0 Å². The third-order valence-corrected chi connectivity index (χ3v) is 4.28.